The van der Waals surface area contributed by atoms with E-state index in [1.165, 1.54) is 12.8 Å². The molecule has 1 aliphatic heterocycles. The molecular formula is C22H25NO3. The lowest BCUT2D eigenvalue weighted by Gasteiger charge is -2.34. The number of para-hydroxylation sites is 1. The Labute approximate surface area is 154 Å². The standard InChI is InChI=1S/C22H25NO3/c1-15(16-7-8-16)23(19-9-11-20(25-2)12-10-19)22(24)18-13-17-5-3-4-6-21(17)26-14-18/h3-6,9-12,15-16,18H,7-8,13-14H2,1-2H3. The third-order valence-electron chi connectivity index (χ3n) is 5.53. The number of carbonyl (C=O) groups is 1. The van der Waals surface area contributed by atoms with E-state index in [1.807, 2.05) is 47.4 Å². The molecule has 4 rings (SSSR count). The van der Waals surface area contributed by atoms with Gasteiger partial charge in [0.15, 0.2) is 0 Å². The smallest absolute Gasteiger partial charge is 0.234 e. The number of benzene rings is 2. The maximum Gasteiger partial charge on any atom is 0.234 e. The molecule has 0 bridgehead atoms. The van der Waals surface area contributed by atoms with E-state index in [9.17, 15) is 4.79 Å². The molecule has 1 amide bonds. The maximum atomic E-state index is 13.5. The van der Waals surface area contributed by atoms with Gasteiger partial charge >= 0.3 is 0 Å². The van der Waals surface area contributed by atoms with Gasteiger partial charge in [-0.1, -0.05) is 18.2 Å². The number of carbonyl (C=O) groups excluding carboxylic acids is 1. The van der Waals surface area contributed by atoms with E-state index >= 15 is 0 Å². The zero-order valence-electron chi connectivity index (χ0n) is 15.4. The third-order valence-corrected chi connectivity index (χ3v) is 5.53. The summed E-state index contributed by atoms with van der Waals surface area (Å²) in [5.74, 6) is 2.31. The number of fused-ring (bicyclic) bond motifs is 1. The van der Waals surface area contributed by atoms with Gasteiger partial charge in [-0.25, -0.2) is 0 Å². The maximum absolute atomic E-state index is 13.5. The van der Waals surface area contributed by atoms with Crippen molar-refractivity contribution in [2.45, 2.75) is 32.2 Å². The van der Waals surface area contributed by atoms with Crippen molar-refractivity contribution in [3.8, 4) is 11.5 Å². The van der Waals surface area contributed by atoms with Gasteiger partial charge < -0.3 is 14.4 Å². The van der Waals surface area contributed by atoms with E-state index in [2.05, 4.69) is 13.0 Å². The minimum absolute atomic E-state index is 0.145. The predicted molar refractivity (Wildman–Crippen MR) is 102 cm³/mol. The molecule has 0 spiro atoms. The highest BCUT2D eigenvalue weighted by Gasteiger charge is 2.38. The van der Waals surface area contributed by atoms with Gasteiger partial charge in [-0.15, -0.1) is 0 Å². The number of hydrogen-bond acceptors (Lipinski definition) is 3. The first-order valence-corrected chi connectivity index (χ1v) is 9.35. The molecule has 136 valence electrons. The Morgan fingerprint density at radius 3 is 2.58 bits per heavy atom. The number of rotatable bonds is 5. The lowest BCUT2D eigenvalue weighted by Crippen LogP contribution is -2.46. The molecule has 4 nitrogen and oxygen atoms in total. The Morgan fingerprint density at radius 2 is 1.88 bits per heavy atom. The van der Waals surface area contributed by atoms with Crippen LogP contribution in [-0.2, 0) is 11.2 Å². The number of anilines is 1. The second-order valence-electron chi connectivity index (χ2n) is 7.30. The van der Waals surface area contributed by atoms with Gasteiger partial charge in [0.1, 0.15) is 18.1 Å². The van der Waals surface area contributed by atoms with Gasteiger partial charge in [-0.2, -0.15) is 0 Å². The van der Waals surface area contributed by atoms with Crippen LogP contribution in [-0.4, -0.2) is 25.7 Å². The van der Waals surface area contributed by atoms with Crippen LogP contribution in [0.2, 0.25) is 0 Å². The number of methoxy groups -OCH3 is 1. The summed E-state index contributed by atoms with van der Waals surface area (Å²) in [5.41, 5.74) is 2.06. The molecule has 4 heteroatoms. The van der Waals surface area contributed by atoms with Crippen molar-refractivity contribution in [3.05, 3.63) is 54.1 Å². The fourth-order valence-corrected chi connectivity index (χ4v) is 3.78. The fraction of sp³-hybridized carbons (Fsp3) is 0.409. The van der Waals surface area contributed by atoms with Crippen molar-refractivity contribution in [1.29, 1.82) is 0 Å². The van der Waals surface area contributed by atoms with Crippen LogP contribution >= 0.6 is 0 Å². The van der Waals surface area contributed by atoms with E-state index in [0.29, 0.717) is 12.5 Å². The van der Waals surface area contributed by atoms with Gasteiger partial charge in [0.25, 0.3) is 0 Å². The topological polar surface area (TPSA) is 38.8 Å². The summed E-state index contributed by atoms with van der Waals surface area (Å²) < 4.78 is 11.1. The number of amides is 1. The van der Waals surface area contributed by atoms with Crippen molar-refractivity contribution < 1.29 is 14.3 Å². The summed E-state index contributed by atoms with van der Waals surface area (Å²) >= 11 is 0. The van der Waals surface area contributed by atoms with Crippen LogP contribution in [0.4, 0.5) is 5.69 Å². The Hall–Kier alpha value is -2.49. The van der Waals surface area contributed by atoms with E-state index in [1.54, 1.807) is 7.11 Å². The van der Waals surface area contributed by atoms with E-state index in [4.69, 9.17) is 9.47 Å². The zero-order chi connectivity index (χ0) is 18.1. The van der Waals surface area contributed by atoms with Crippen LogP contribution < -0.4 is 14.4 Å². The van der Waals surface area contributed by atoms with E-state index < -0.39 is 0 Å². The number of hydrogen-bond donors (Lipinski definition) is 0. The minimum atomic E-state index is -0.145. The van der Waals surface area contributed by atoms with Crippen LogP contribution in [0.15, 0.2) is 48.5 Å². The number of nitrogens with zero attached hydrogens (tertiary/aromatic N) is 1. The average Bonchev–Trinajstić information content (AvgIpc) is 3.53. The Kier molecular flexibility index (Phi) is 4.58. The molecule has 0 radical (unpaired) electrons. The largest absolute Gasteiger partial charge is 0.497 e. The summed E-state index contributed by atoms with van der Waals surface area (Å²) in [5, 5.41) is 0. The summed E-state index contributed by atoms with van der Waals surface area (Å²) in [4.78, 5) is 15.4. The molecule has 1 fully saturated rings. The first-order chi connectivity index (χ1) is 12.7. The number of ether oxygens (including phenoxy) is 2. The molecule has 1 saturated carbocycles. The summed E-state index contributed by atoms with van der Waals surface area (Å²) in [6, 6.07) is 16.0. The molecule has 0 N–H and O–H groups in total. The Bertz CT molecular complexity index is 782. The first kappa shape index (κ1) is 17.0. The van der Waals surface area contributed by atoms with Gasteiger partial charge in [0.2, 0.25) is 5.91 Å². The lowest BCUT2D eigenvalue weighted by molar-refractivity contribution is -0.124. The van der Waals surface area contributed by atoms with Crippen molar-refractivity contribution in [3.63, 3.8) is 0 Å². The van der Waals surface area contributed by atoms with Crippen molar-refractivity contribution in [2.75, 3.05) is 18.6 Å². The van der Waals surface area contributed by atoms with Gasteiger partial charge in [-0.3, -0.25) is 4.79 Å². The average molecular weight is 351 g/mol. The van der Waals surface area contributed by atoms with Crippen molar-refractivity contribution in [1.82, 2.24) is 0 Å². The van der Waals surface area contributed by atoms with Crippen molar-refractivity contribution in [2.24, 2.45) is 11.8 Å². The van der Waals surface area contributed by atoms with Crippen LogP contribution in [0.3, 0.4) is 0 Å². The highest BCUT2D eigenvalue weighted by atomic mass is 16.5. The molecule has 0 saturated heterocycles. The first-order valence-electron chi connectivity index (χ1n) is 9.35. The van der Waals surface area contributed by atoms with Crippen LogP contribution in [0.5, 0.6) is 11.5 Å². The van der Waals surface area contributed by atoms with Crippen LogP contribution in [0.1, 0.15) is 25.3 Å². The zero-order valence-corrected chi connectivity index (χ0v) is 15.4. The van der Waals surface area contributed by atoms with E-state index in [0.717, 1.165) is 29.2 Å². The van der Waals surface area contributed by atoms with E-state index in [-0.39, 0.29) is 17.9 Å². The second-order valence-corrected chi connectivity index (χ2v) is 7.30. The highest BCUT2D eigenvalue weighted by Crippen LogP contribution is 2.38. The lowest BCUT2D eigenvalue weighted by atomic mass is 9.94. The summed E-state index contributed by atoms with van der Waals surface area (Å²) in [6.45, 7) is 2.61. The predicted octanol–water partition coefficient (Wildman–Crippen LogP) is 4.08. The summed E-state index contributed by atoms with van der Waals surface area (Å²) in [7, 11) is 1.65. The van der Waals surface area contributed by atoms with Crippen molar-refractivity contribution >= 4 is 11.6 Å². The monoisotopic (exact) mass is 351 g/mol. The highest BCUT2D eigenvalue weighted by molar-refractivity contribution is 5.96. The SMILES string of the molecule is COc1ccc(N(C(=O)C2COc3ccccc3C2)C(C)C2CC2)cc1. The van der Waals surface area contributed by atoms with Crippen LogP contribution in [0, 0.1) is 11.8 Å². The molecule has 26 heavy (non-hydrogen) atoms. The molecule has 1 heterocycles. The summed E-state index contributed by atoms with van der Waals surface area (Å²) in [6.07, 6.45) is 3.13. The fourth-order valence-electron chi connectivity index (χ4n) is 3.78. The van der Waals surface area contributed by atoms with Crippen LogP contribution in [0.25, 0.3) is 0 Å². The molecule has 1 aliphatic carbocycles. The quantitative estimate of drug-likeness (QED) is 0.815. The molecular weight excluding hydrogens is 326 g/mol. The Morgan fingerprint density at radius 1 is 1.15 bits per heavy atom. The van der Waals surface area contributed by atoms with Gasteiger partial charge in [0, 0.05) is 11.7 Å². The third kappa shape index (κ3) is 3.28. The van der Waals surface area contributed by atoms with Gasteiger partial charge in [0.05, 0.1) is 13.0 Å². The molecule has 2 atom stereocenters. The molecule has 2 aliphatic rings. The molecule has 2 unspecified atom stereocenters. The van der Waals surface area contributed by atoms with Gasteiger partial charge in [-0.05, 0) is 68.0 Å². The molecule has 2 aromatic rings. The normalized spacial score (nSPS) is 19.8. The molecule has 2 aromatic carbocycles. The minimum Gasteiger partial charge on any atom is -0.497 e. The molecule has 0 aromatic heterocycles. The Balaban J connectivity index is 1.60. The second kappa shape index (κ2) is 7.02.